The Hall–Kier alpha value is -2.27. The molecule has 3 heterocycles. The summed E-state index contributed by atoms with van der Waals surface area (Å²) in [7, 11) is -3.73. The predicted octanol–water partition coefficient (Wildman–Crippen LogP) is -0.406. The van der Waals surface area contributed by atoms with Crippen LogP contribution in [0.3, 0.4) is 0 Å². The molecule has 2 aliphatic heterocycles. The van der Waals surface area contributed by atoms with Crippen molar-refractivity contribution in [1.82, 2.24) is 14.9 Å². The molecule has 1 aromatic rings. The largest absolute Gasteiger partial charge is 0.378 e. The Bertz CT molecular complexity index is 745. The normalized spacial score (nSPS) is 18.9. The lowest BCUT2D eigenvalue weighted by Crippen LogP contribution is -2.43. The first-order valence-corrected chi connectivity index (χ1v) is 10.1. The molecular weight excluding hydrogens is 362 g/mol. The van der Waals surface area contributed by atoms with E-state index in [4.69, 9.17) is 4.74 Å². The molecule has 10 nitrogen and oxygen atoms in total. The van der Waals surface area contributed by atoms with Crippen molar-refractivity contribution in [3.05, 3.63) is 12.4 Å². The van der Waals surface area contributed by atoms with E-state index in [0.29, 0.717) is 38.7 Å². The Morgan fingerprint density at radius 1 is 1.08 bits per heavy atom. The van der Waals surface area contributed by atoms with Crippen molar-refractivity contribution < 1.29 is 22.7 Å². The summed E-state index contributed by atoms with van der Waals surface area (Å²) in [5, 5.41) is 0. The maximum Gasteiger partial charge on any atom is 0.234 e. The van der Waals surface area contributed by atoms with E-state index < -0.39 is 10.0 Å². The summed E-state index contributed by atoms with van der Waals surface area (Å²) in [6, 6.07) is 0. The van der Waals surface area contributed by atoms with Crippen LogP contribution >= 0.6 is 0 Å². The van der Waals surface area contributed by atoms with Crippen molar-refractivity contribution in [1.29, 1.82) is 0 Å². The van der Waals surface area contributed by atoms with Crippen LogP contribution in [0.25, 0.3) is 0 Å². The number of anilines is 2. The fraction of sp³-hybridized carbons (Fsp3) is 0.600. The van der Waals surface area contributed by atoms with E-state index >= 15 is 0 Å². The quantitative estimate of drug-likeness (QED) is 0.658. The molecule has 0 bridgehead atoms. The summed E-state index contributed by atoms with van der Waals surface area (Å²) in [5.41, 5.74) is 0.235. The first kappa shape index (κ1) is 18.5. The van der Waals surface area contributed by atoms with Gasteiger partial charge in [-0.2, -0.15) is 0 Å². The zero-order chi connectivity index (χ0) is 18.6. The topological polar surface area (TPSA) is 122 Å². The Morgan fingerprint density at radius 2 is 1.69 bits per heavy atom. The molecule has 26 heavy (non-hydrogen) atoms. The monoisotopic (exact) mass is 383 g/mol. The van der Waals surface area contributed by atoms with Crippen LogP contribution in [-0.4, -0.2) is 73.7 Å². The van der Waals surface area contributed by atoms with Crippen LogP contribution in [0.15, 0.2) is 12.4 Å². The van der Waals surface area contributed by atoms with Gasteiger partial charge in [0.1, 0.15) is 0 Å². The van der Waals surface area contributed by atoms with Gasteiger partial charge < -0.3 is 9.64 Å². The summed E-state index contributed by atoms with van der Waals surface area (Å²) >= 11 is 0. The van der Waals surface area contributed by atoms with Gasteiger partial charge in [0.15, 0.2) is 0 Å². The maximum atomic E-state index is 12.2. The van der Waals surface area contributed by atoms with Crippen molar-refractivity contribution in [3.63, 3.8) is 0 Å². The number of imide groups is 1. The summed E-state index contributed by atoms with van der Waals surface area (Å²) in [4.78, 5) is 34.8. The number of sulfonamides is 1. The van der Waals surface area contributed by atoms with Gasteiger partial charge >= 0.3 is 0 Å². The van der Waals surface area contributed by atoms with E-state index in [1.165, 1.54) is 12.4 Å². The molecule has 142 valence electrons. The number of piperidine rings is 1. The summed E-state index contributed by atoms with van der Waals surface area (Å²) in [6.07, 6.45) is 3.86. The molecular formula is C15H21N5O5S. The molecule has 2 fully saturated rings. The lowest BCUT2D eigenvalue weighted by atomic mass is 10.1. The number of hydrogen-bond acceptors (Lipinski definition) is 8. The number of rotatable bonds is 6. The Balaban J connectivity index is 1.56. The number of nitrogens with one attached hydrogen (secondary N) is 1. The first-order chi connectivity index (χ1) is 12.4. The predicted molar refractivity (Wildman–Crippen MR) is 93.0 cm³/mol. The fourth-order valence-corrected chi connectivity index (χ4v) is 3.78. The van der Waals surface area contributed by atoms with Gasteiger partial charge in [-0.25, -0.2) is 18.4 Å². The van der Waals surface area contributed by atoms with E-state index in [9.17, 15) is 18.0 Å². The van der Waals surface area contributed by atoms with Gasteiger partial charge in [-0.05, 0) is 6.42 Å². The second-order valence-corrected chi connectivity index (χ2v) is 7.93. The van der Waals surface area contributed by atoms with Crippen LogP contribution in [-0.2, 0) is 24.3 Å². The van der Waals surface area contributed by atoms with Gasteiger partial charge in [0.05, 0.1) is 37.0 Å². The van der Waals surface area contributed by atoms with Crippen LogP contribution < -0.4 is 9.62 Å². The third kappa shape index (κ3) is 4.67. The fourth-order valence-electron chi connectivity index (χ4n) is 2.79. The van der Waals surface area contributed by atoms with Crippen molar-refractivity contribution in [2.75, 3.05) is 48.2 Å². The van der Waals surface area contributed by atoms with E-state index in [1.54, 1.807) is 0 Å². The number of nitrogens with zero attached hydrogens (tertiary/aromatic N) is 4. The number of hydrogen-bond donors (Lipinski definition) is 1. The van der Waals surface area contributed by atoms with Crippen LogP contribution in [0, 0.1) is 0 Å². The number of carbonyl (C=O) groups is 2. The van der Waals surface area contributed by atoms with Gasteiger partial charge in [-0.15, -0.1) is 0 Å². The third-order valence-electron chi connectivity index (χ3n) is 4.17. The molecule has 2 amide bonds. The van der Waals surface area contributed by atoms with Crippen molar-refractivity contribution >= 4 is 33.5 Å². The zero-order valence-electron chi connectivity index (χ0n) is 14.3. The number of amides is 2. The highest BCUT2D eigenvalue weighted by Gasteiger charge is 2.27. The molecule has 1 N–H and O–H groups in total. The number of aromatic nitrogens is 2. The summed E-state index contributed by atoms with van der Waals surface area (Å²) in [6.45, 7) is 2.42. The van der Waals surface area contributed by atoms with Crippen LogP contribution in [0.4, 0.5) is 11.6 Å². The van der Waals surface area contributed by atoms with Gasteiger partial charge in [0, 0.05) is 32.5 Å². The standard InChI is InChI=1S/C15H21N5O5S/c21-13-2-1-3-14(22)20(13)6-9-26(23,24)18-12-10-16-15(17-11-12)19-4-7-25-8-5-19/h10-11,18H,1-9H2. The van der Waals surface area contributed by atoms with Crippen molar-refractivity contribution in [2.24, 2.45) is 0 Å². The number of likely N-dealkylation sites (tertiary alicyclic amines) is 1. The summed E-state index contributed by atoms with van der Waals surface area (Å²) < 4.78 is 32.0. The highest BCUT2D eigenvalue weighted by atomic mass is 32.2. The molecule has 2 aliphatic rings. The Morgan fingerprint density at radius 3 is 2.31 bits per heavy atom. The Kier molecular flexibility index (Phi) is 5.67. The third-order valence-corrected chi connectivity index (χ3v) is 5.44. The van der Waals surface area contributed by atoms with Gasteiger partial charge in [0.25, 0.3) is 0 Å². The van der Waals surface area contributed by atoms with E-state index in [0.717, 1.165) is 4.90 Å². The number of ether oxygens (including phenoxy) is 1. The van der Waals surface area contributed by atoms with E-state index in [2.05, 4.69) is 14.7 Å². The SMILES string of the molecule is O=C1CCCC(=O)N1CCS(=O)(=O)Nc1cnc(N2CCOCC2)nc1. The second-order valence-electron chi connectivity index (χ2n) is 6.08. The average Bonchev–Trinajstić information content (AvgIpc) is 2.62. The van der Waals surface area contributed by atoms with Gasteiger partial charge in [-0.1, -0.05) is 0 Å². The molecule has 0 unspecified atom stereocenters. The molecule has 0 aliphatic carbocycles. The minimum absolute atomic E-state index is 0.153. The maximum absolute atomic E-state index is 12.2. The molecule has 0 aromatic carbocycles. The molecule has 0 atom stereocenters. The van der Waals surface area contributed by atoms with Gasteiger partial charge in [-0.3, -0.25) is 19.2 Å². The molecule has 0 spiro atoms. The Labute approximate surface area is 151 Å². The molecule has 11 heteroatoms. The molecule has 0 radical (unpaired) electrons. The van der Waals surface area contributed by atoms with Crippen LogP contribution in [0.5, 0.6) is 0 Å². The smallest absolute Gasteiger partial charge is 0.234 e. The minimum Gasteiger partial charge on any atom is -0.378 e. The van der Waals surface area contributed by atoms with E-state index in [1.807, 2.05) is 4.90 Å². The van der Waals surface area contributed by atoms with Gasteiger partial charge in [0.2, 0.25) is 27.8 Å². The minimum atomic E-state index is -3.73. The second kappa shape index (κ2) is 7.96. The molecule has 1 aromatic heterocycles. The number of carbonyl (C=O) groups excluding carboxylic acids is 2. The molecule has 2 saturated heterocycles. The number of morpholine rings is 1. The van der Waals surface area contributed by atoms with Crippen LogP contribution in [0.1, 0.15) is 19.3 Å². The van der Waals surface area contributed by atoms with Crippen LogP contribution in [0.2, 0.25) is 0 Å². The zero-order valence-corrected chi connectivity index (χ0v) is 15.1. The van der Waals surface area contributed by atoms with Crippen molar-refractivity contribution in [2.45, 2.75) is 19.3 Å². The van der Waals surface area contributed by atoms with E-state index in [-0.39, 0.29) is 42.6 Å². The molecule has 3 rings (SSSR count). The first-order valence-electron chi connectivity index (χ1n) is 8.43. The molecule has 0 saturated carbocycles. The highest BCUT2D eigenvalue weighted by molar-refractivity contribution is 7.92. The van der Waals surface area contributed by atoms with Crippen molar-refractivity contribution in [3.8, 4) is 0 Å². The summed E-state index contributed by atoms with van der Waals surface area (Å²) in [5.74, 6) is -0.500. The average molecular weight is 383 g/mol. The lowest BCUT2D eigenvalue weighted by Gasteiger charge is -2.26. The highest BCUT2D eigenvalue weighted by Crippen LogP contribution is 2.15. The lowest BCUT2D eigenvalue weighted by molar-refractivity contribution is -0.147.